The molecule has 20 heavy (non-hydrogen) atoms. The summed E-state index contributed by atoms with van der Waals surface area (Å²) in [5.41, 5.74) is 1.60. The molecule has 6 heteroatoms. The smallest absolute Gasteiger partial charge is 0.270 e. The van der Waals surface area contributed by atoms with E-state index in [0.717, 1.165) is 10.9 Å². The fourth-order valence-corrected chi connectivity index (χ4v) is 3.77. The lowest BCUT2D eigenvalue weighted by Gasteiger charge is -2.26. The molecular weight excluding hydrogens is 276 g/mol. The molecule has 1 aliphatic rings. The third-order valence-electron chi connectivity index (χ3n) is 3.80. The molecule has 2 heterocycles. The number of aryl methyl sites for hydroxylation is 1. The minimum Gasteiger partial charge on any atom is -0.340 e. The van der Waals surface area contributed by atoms with Crippen molar-refractivity contribution < 1.29 is 13.2 Å². The highest BCUT2D eigenvalue weighted by Gasteiger charge is 2.27. The minimum absolute atomic E-state index is 0.0582. The molecule has 1 amide bonds. The van der Waals surface area contributed by atoms with Crippen LogP contribution < -0.4 is 0 Å². The SMILES string of the molecule is Cn1c(C(=O)N2CCS(=O)(=O)CC2)cc2ccccc21. The number of sulfone groups is 1. The minimum atomic E-state index is -2.97. The molecule has 2 aromatic rings. The molecule has 1 aromatic carbocycles. The van der Waals surface area contributed by atoms with Gasteiger partial charge < -0.3 is 9.47 Å². The van der Waals surface area contributed by atoms with Crippen LogP contribution in [0.4, 0.5) is 0 Å². The average Bonchev–Trinajstić information content (AvgIpc) is 2.76. The molecule has 0 N–H and O–H groups in total. The fraction of sp³-hybridized carbons (Fsp3) is 0.357. The number of rotatable bonds is 1. The van der Waals surface area contributed by atoms with Crippen LogP contribution in [0.5, 0.6) is 0 Å². The number of aromatic nitrogens is 1. The van der Waals surface area contributed by atoms with Crippen LogP contribution in [-0.2, 0) is 16.9 Å². The van der Waals surface area contributed by atoms with Crippen LogP contribution >= 0.6 is 0 Å². The summed E-state index contributed by atoms with van der Waals surface area (Å²) >= 11 is 0. The molecule has 0 atom stereocenters. The molecule has 0 unspecified atom stereocenters. The van der Waals surface area contributed by atoms with E-state index in [4.69, 9.17) is 0 Å². The van der Waals surface area contributed by atoms with E-state index in [1.807, 2.05) is 41.9 Å². The van der Waals surface area contributed by atoms with E-state index in [1.165, 1.54) is 0 Å². The van der Waals surface area contributed by atoms with Gasteiger partial charge in [-0.05, 0) is 12.1 Å². The largest absolute Gasteiger partial charge is 0.340 e. The number of amides is 1. The van der Waals surface area contributed by atoms with Gasteiger partial charge in [-0.3, -0.25) is 4.79 Å². The molecule has 0 radical (unpaired) electrons. The molecule has 0 aliphatic carbocycles. The van der Waals surface area contributed by atoms with Crippen LogP contribution in [0.25, 0.3) is 10.9 Å². The third-order valence-corrected chi connectivity index (χ3v) is 5.41. The second-order valence-corrected chi connectivity index (χ2v) is 7.40. The predicted octanol–water partition coefficient (Wildman–Crippen LogP) is 1.05. The Morgan fingerprint density at radius 2 is 1.80 bits per heavy atom. The topological polar surface area (TPSA) is 59.4 Å². The summed E-state index contributed by atoms with van der Waals surface area (Å²) in [6.45, 7) is 0.561. The van der Waals surface area contributed by atoms with E-state index in [0.29, 0.717) is 5.69 Å². The highest BCUT2D eigenvalue weighted by Crippen LogP contribution is 2.20. The van der Waals surface area contributed by atoms with Gasteiger partial charge in [0.25, 0.3) is 5.91 Å². The Morgan fingerprint density at radius 1 is 1.15 bits per heavy atom. The highest BCUT2D eigenvalue weighted by molar-refractivity contribution is 7.91. The Balaban J connectivity index is 1.91. The molecule has 0 saturated carbocycles. The monoisotopic (exact) mass is 292 g/mol. The number of hydrogen-bond donors (Lipinski definition) is 0. The number of para-hydroxylation sites is 1. The third kappa shape index (κ3) is 2.20. The van der Waals surface area contributed by atoms with Gasteiger partial charge in [-0.15, -0.1) is 0 Å². The van der Waals surface area contributed by atoms with Crippen molar-refractivity contribution in [2.45, 2.75) is 0 Å². The number of benzene rings is 1. The second-order valence-electron chi connectivity index (χ2n) is 5.09. The van der Waals surface area contributed by atoms with Crippen molar-refractivity contribution in [3.63, 3.8) is 0 Å². The van der Waals surface area contributed by atoms with Gasteiger partial charge in [-0.2, -0.15) is 0 Å². The first-order chi connectivity index (χ1) is 9.48. The second kappa shape index (κ2) is 4.63. The molecule has 1 aliphatic heterocycles. The van der Waals surface area contributed by atoms with E-state index in [2.05, 4.69) is 0 Å². The molecule has 0 bridgehead atoms. The Hall–Kier alpha value is -1.82. The van der Waals surface area contributed by atoms with Gasteiger partial charge in [0.15, 0.2) is 9.84 Å². The zero-order chi connectivity index (χ0) is 14.3. The summed E-state index contributed by atoms with van der Waals surface area (Å²) in [4.78, 5) is 14.1. The number of carbonyl (C=O) groups is 1. The molecule has 1 fully saturated rings. The number of carbonyl (C=O) groups excluding carboxylic acids is 1. The van der Waals surface area contributed by atoms with Gasteiger partial charge in [0.1, 0.15) is 5.69 Å². The summed E-state index contributed by atoms with van der Waals surface area (Å²) in [7, 11) is -1.11. The Bertz CT molecular complexity index is 763. The molecule has 5 nitrogen and oxygen atoms in total. The maximum absolute atomic E-state index is 12.5. The van der Waals surface area contributed by atoms with Gasteiger partial charge in [0.05, 0.1) is 11.5 Å². The molecule has 1 aromatic heterocycles. The van der Waals surface area contributed by atoms with Crippen LogP contribution in [0.3, 0.4) is 0 Å². The maximum Gasteiger partial charge on any atom is 0.270 e. The quantitative estimate of drug-likeness (QED) is 0.789. The summed E-state index contributed by atoms with van der Waals surface area (Å²) in [5.74, 6) is 0.0179. The number of nitrogens with zero attached hydrogens (tertiary/aromatic N) is 2. The van der Waals surface area contributed by atoms with E-state index >= 15 is 0 Å². The summed E-state index contributed by atoms with van der Waals surface area (Å²) in [6.07, 6.45) is 0. The van der Waals surface area contributed by atoms with Crippen molar-refractivity contribution in [3.05, 3.63) is 36.0 Å². The lowest BCUT2D eigenvalue weighted by Crippen LogP contribution is -2.44. The standard InChI is InChI=1S/C14H16N2O3S/c1-15-12-5-3-2-4-11(12)10-13(15)14(17)16-6-8-20(18,19)9-7-16/h2-5,10H,6-9H2,1H3. The highest BCUT2D eigenvalue weighted by atomic mass is 32.2. The Kier molecular flexibility index (Phi) is 3.05. The summed E-state index contributed by atoms with van der Waals surface area (Å²) in [6, 6.07) is 9.66. The van der Waals surface area contributed by atoms with Crippen LogP contribution in [0.15, 0.2) is 30.3 Å². The normalized spacial score (nSPS) is 18.4. The Morgan fingerprint density at radius 3 is 2.45 bits per heavy atom. The zero-order valence-corrected chi connectivity index (χ0v) is 12.1. The molecule has 106 valence electrons. The van der Waals surface area contributed by atoms with Crippen LogP contribution in [0.1, 0.15) is 10.5 Å². The lowest BCUT2D eigenvalue weighted by atomic mass is 10.2. The van der Waals surface area contributed by atoms with Gasteiger partial charge in [-0.25, -0.2) is 8.42 Å². The Labute approximate surface area is 117 Å². The van der Waals surface area contributed by atoms with Gasteiger partial charge in [-0.1, -0.05) is 18.2 Å². The van der Waals surface area contributed by atoms with E-state index in [9.17, 15) is 13.2 Å². The first-order valence-corrected chi connectivity index (χ1v) is 8.34. The molecule has 0 spiro atoms. The molecular formula is C14H16N2O3S. The van der Waals surface area contributed by atoms with Crippen LogP contribution in [-0.4, -0.2) is 48.4 Å². The fourth-order valence-electron chi connectivity index (χ4n) is 2.57. The van der Waals surface area contributed by atoms with Crippen molar-refractivity contribution in [1.29, 1.82) is 0 Å². The number of hydrogen-bond acceptors (Lipinski definition) is 3. The lowest BCUT2D eigenvalue weighted by molar-refractivity contribution is 0.0761. The van der Waals surface area contributed by atoms with E-state index in [1.54, 1.807) is 4.90 Å². The van der Waals surface area contributed by atoms with E-state index in [-0.39, 0.29) is 30.5 Å². The number of fused-ring (bicyclic) bond motifs is 1. The van der Waals surface area contributed by atoms with E-state index < -0.39 is 9.84 Å². The van der Waals surface area contributed by atoms with Crippen molar-refractivity contribution in [2.75, 3.05) is 24.6 Å². The van der Waals surface area contributed by atoms with Crippen LogP contribution in [0.2, 0.25) is 0 Å². The first kappa shape index (κ1) is 13.2. The first-order valence-electron chi connectivity index (χ1n) is 6.52. The van der Waals surface area contributed by atoms with Crippen LogP contribution in [0, 0.1) is 0 Å². The van der Waals surface area contributed by atoms with Crippen molar-refractivity contribution in [1.82, 2.24) is 9.47 Å². The maximum atomic E-state index is 12.5. The molecule has 1 saturated heterocycles. The van der Waals surface area contributed by atoms with Crippen molar-refractivity contribution in [3.8, 4) is 0 Å². The summed E-state index contributed by atoms with van der Waals surface area (Å²) < 4.78 is 24.7. The average molecular weight is 292 g/mol. The molecule has 3 rings (SSSR count). The summed E-state index contributed by atoms with van der Waals surface area (Å²) in [5, 5.41) is 1.02. The van der Waals surface area contributed by atoms with Crippen molar-refractivity contribution in [2.24, 2.45) is 7.05 Å². The van der Waals surface area contributed by atoms with Gasteiger partial charge >= 0.3 is 0 Å². The van der Waals surface area contributed by atoms with Gasteiger partial charge in [0, 0.05) is 31.0 Å². The zero-order valence-electron chi connectivity index (χ0n) is 11.2. The van der Waals surface area contributed by atoms with Gasteiger partial charge in [0.2, 0.25) is 0 Å². The van der Waals surface area contributed by atoms with Crippen molar-refractivity contribution >= 4 is 26.6 Å². The predicted molar refractivity (Wildman–Crippen MR) is 77.5 cm³/mol.